The molecule has 0 aliphatic carbocycles. The average molecular weight is 261 g/mol. The number of thiazole rings is 1. The number of nitrogens with two attached hydrogens (primary N) is 1. The fraction of sp³-hybridized carbons (Fsp3) is 0.429. The van der Waals surface area contributed by atoms with Crippen LogP contribution in [0.3, 0.4) is 0 Å². The first-order valence-corrected chi connectivity index (χ1v) is 6.91. The van der Waals surface area contributed by atoms with E-state index in [2.05, 4.69) is 30.7 Å². The third kappa shape index (κ3) is 2.94. The number of rotatable bonds is 4. The second-order valence-electron chi connectivity index (χ2n) is 5.29. The highest BCUT2D eigenvalue weighted by atomic mass is 32.1. The molecule has 4 heteroatoms. The zero-order valence-electron chi connectivity index (χ0n) is 11.1. The van der Waals surface area contributed by atoms with Crippen LogP contribution in [0.25, 0.3) is 10.7 Å². The lowest BCUT2D eigenvalue weighted by molar-refractivity contribution is 0.379. The van der Waals surface area contributed by atoms with Crippen molar-refractivity contribution < 1.29 is 0 Å². The summed E-state index contributed by atoms with van der Waals surface area (Å²) >= 11 is 1.73. The molecule has 2 aromatic rings. The molecule has 18 heavy (non-hydrogen) atoms. The minimum Gasteiger partial charge on any atom is -0.330 e. The molecule has 2 N–H and O–H groups in total. The van der Waals surface area contributed by atoms with E-state index < -0.39 is 0 Å². The zero-order valence-corrected chi connectivity index (χ0v) is 11.9. The molecule has 0 amide bonds. The molecule has 0 radical (unpaired) electrons. The smallest absolute Gasteiger partial charge is 0.142 e. The Balaban J connectivity index is 2.28. The predicted octanol–water partition coefficient (Wildman–Crippen LogP) is 3.04. The molecule has 0 saturated carbocycles. The maximum Gasteiger partial charge on any atom is 0.142 e. The standard InChI is InChI=1S/C14H19N3S/c1-10-12(8-14(2,3)9-15)18-13(17-10)11-6-4-5-7-16-11/h4-7H,8-9,15H2,1-3H3. The average Bonchev–Trinajstić information content (AvgIpc) is 2.72. The highest BCUT2D eigenvalue weighted by molar-refractivity contribution is 7.15. The van der Waals surface area contributed by atoms with Crippen LogP contribution in [0.15, 0.2) is 24.4 Å². The molecule has 0 bridgehead atoms. The van der Waals surface area contributed by atoms with Gasteiger partial charge in [-0.1, -0.05) is 19.9 Å². The van der Waals surface area contributed by atoms with Crippen LogP contribution in [0.1, 0.15) is 24.4 Å². The van der Waals surface area contributed by atoms with Crippen LogP contribution in [-0.4, -0.2) is 16.5 Å². The summed E-state index contributed by atoms with van der Waals surface area (Å²) < 4.78 is 0. The molecule has 0 atom stereocenters. The molecule has 2 rings (SSSR count). The minimum atomic E-state index is 0.124. The van der Waals surface area contributed by atoms with Gasteiger partial charge in [0.1, 0.15) is 5.01 Å². The van der Waals surface area contributed by atoms with Gasteiger partial charge in [-0.15, -0.1) is 11.3 Å². The summed E-state index contributed by atoms with van der Waals surface area (Å²) in [7, 11) is 0. The fourth-order valence-electron chi connectivity index (χ4n) is 1.70. The third-order valence-corrected chi connectivity index (χ3v) is 4.15. The van der Waals surface area contributed by atoms with Crippen molar-refractivity contribution in [3.63, 3.8) is 0 Å². The topological polar surface area (TPSA) is 51.8 Å². The molecule has 0 unspecified atom stereocenters. The number of aromatic nitrogens is 2. The Kier molecular flexibility index (Phi) is 3.78. The van der Waals surface area contributed by atoms with Crippen molar-refractivity contribution >= 4 is 11.3 Å². The molecule has 2 heterocycles. The molecule has 96 valence electrons. The Bertz CT molecular complexity index is 517. The molecule has 0 saturated heterocycles. The molecule has 3 nitrogen and oxygen atoms in total. The highest BCUT2D eigenvalue weighted by Gasteiger charge is 2.20. The SMILES string of the molecule is Cc1nc(-c2ccccn2)sc1CC(C)(C)CN. The largest absolute Gasteiger partial charge is 0.330 e. The lowest BCUT2D eigenvalue weighted by Crippen LogP contribution is -2.25. The third-order valence-electron chi connectivity index (χ3n) is 2.97. The van der Waals surface area contributed by atoms with E-state index in [1.54, 1.807) is 17.5 Å². The van der Waals surface area contributed by atoms with E-state index >= 15 is 0 Å². The van der Waals surface area contributed by atoms with Crippen molar-refractivity contribution in [3.8, 4) is 10.7 Å². The Hall–Kier alpha value is -1.26. The van der Waals surface area contributed by atoms with Crippen LogP contribution in [0.5, 0.6) is 0 Å². The second kappa shape index (κ2) is 5.16. The minimum absolute atomic E-state index is 0.124. The van der Waals surface area contributed by atoms with Crippen LogP contribution in [-0.2, 0) is 6.42 Å². The molecular weight excluding hydrogens is 242 g/mol. The van der Waals surface area contributed by atoms with E-state index in [1.807, 2.05) is 18.2 Å². The predicted molar refractivity (Wildman–Crippen MR) is 76.6 cm³/mol. The van der Waals surface area contributed by atoms with E-state index in [4.69, 9.17) is 5.73 Å². The van der Waals surface area contributed by atoms with Crippen molar-refractivity contribution in [2.24, 2.45) is 11.1 Å². The number of nitrogens with zero attached hydrogens (tertiary/aromatic N) is 2. The van der Waals surface area contributed by atoms with E-state index in [-0.39, 0.29) is 5.41 Å². The lowest BCUT2D eigenvalue weighted by atomic mass is 9.88. The van der Waals surface area contributed by atoms with Gasteiger partial charge in [0.05, 0.1) is 11.4 Å². The summed E-state index contributed by atoms with van der Waals surface area (Å²) in [6.45, 7) is 7.12. The monoisotopic (exact) mass is 261 g/mol. The Morgan fingerprint density at radius 2 is 2.11 bits per heavy atom. The lowest BCUT2D eigenvalue weighted by Gasteiger charge is -2.21. The molecule has 0 aliphatic rings. The zero-order chi connectivity index (χ0) is 13.2. The van der Waals surface area contributed by atoms with Gasteiger partial charge in [-0.05, 0) is 37.4 Å². The number of pyridine rings is 1. The van der Waals surface area contributed by atoms with Gasteiger partial charge in [0.2, 0.25) is 0 Å². The van der Waals surface area contributed by atoms with Crippen LogP contribution in [0.4, 0.5) is 0 Å². The Morgan fingerprint density at radius 1 is 1.33 bits per heavy atom. The van der Waals surface area contributed by atoms with Crippen LogP contribution >= 0.6 is 11.3 Å². The number of hydrogen-bond acceptors (Lipinski definition) is 4. The first-order chi connectivity index (χ1) is 8.52. The van der Waals surface area contributed by atoms with Gasteiger partial charge >= 0.3 is 0 Å². The van der Waals surface area contributed by atoms with E-state index in [1.165, 1.54) is 4.88 Å². The van der Waals surface area contributed by atoms with E-state index in [0.29, 0.717) is 6.54 Å². The first-order valence-electron chi connectivity index (χ1n) is 6.09. The molecule has 0 aromatic carbocycles. The van der Waals surface area contributed by atoms with Crippen LogP contribution in [0.2, 0.25) is 0 Å². The molecule has 0 aliphatic heterocycles. The summed E-state index contributed by atoms with van der Waals surface area (Å²) in [6, 6.07) is 5.90. The van der Waals surface area contributed by atoms with Crippen LogP contribution in [0, 0.1) is 12.3 Å². The van der Waals surface area contributed by atoms with Gasteiger partial charge in [0.15, 0.2) is 0 Å². The summed E-state index contributed by atoms with van der Waals surface area (Å²) in [6.07, 6.45) is 2.77. The maximum absolute atomic E-state index is 5.79. The Labute approximate surface area is 112 Å². The van der Waals surface area contributed by atoms with Crippen LogP contribution < -0.4 is 5.73 Å². The quantitative estimate of drug-likeness (QED) is 0.920. The first kappa shape index (κ1) is 13.2. The van der Waals surface area contributed by atoms with Gasteiger partial charge in [-0.3, -0.25) is 4.98 Å². The number of aryl methyl sites for hydroxylation is 1. The Morgan fingerprint density at radius 3 is 2.72 bits per heavy atom. The summed E-state index contributed by atoms with van der Waals surface area (Å²) in [5.74, 6) is 0. The van der Waals surface area contributed by atoms with E-state index in [9.17, 15) is 0 Å². The van der Waals surface area contributed by atoms with Crippen molar-refractivity contribution in [1.82, 2.24) is 9.97 Å². The van der Waals surface area contributed by atoms with Gasteiger partial charge in [0, 0.05) is 11.1 Å². The van der Waals surface area contributed by atoms with E-state index in [0.717, 1.165) is 22.8 Å². The number of hydrogen-bond donors (Lipinski definition) is 1. The van der Waals surface area contributed by atoms with Crippen molar-refractivity contribution in [3.05, 3.63) is 35.0 Å². The summed E-state index contributed by atoms with van der Waals surface area (Å²) in [4.78, 5) is 10.3. The summed E-state index contributed by atoms with van der Waals surface area (Å²) in [5, 5.41) is 0.996. The van der Waals surface area contributed by atoms with Gasteiger partial charge in [-0.25, -0.2) is 4.98 Å². The van der Waals surface area contributed by atoms with Crippen molar-refractivity contribution in [1.29, 1.82) is 0 Å². The second-order valence-corrected chi connectivity index (χ2v) is 6.37. The highest BCUT2D eigenvalue weighted by Crippen LogP contribution is 2.31. The van der Waals surface area contributed by atoms with Gasteiger partial charge in [-0.2, -0.15) is 0 Å². The molecule has 0 spiro atoms. The van der Waals surface area contributed by atoms with Gasteiger partial charge < -0.3 is 5.73 Å². The van der Waals surface area contributed by atoms with Crippen molar-refractivity contribution in [2.45, 2.75) is 27.2 Å². The maximum atomic E-state index is 5.79. The van der Waals surface area contributed by atoms with Crippen molar-refractivity contribution in [2.75, 3.05) is 6.54 Å². The summed E-state index contributed by atoms with van der Waals surface area (Å²) in [5.41, 5.74) is 7.96. The normalized spacial score (nSPS) is 11.8. The molecular formula is C14H19N3S. The fourth-order valence-corrected chi connectivity index (χ4v) is 3.00. The molecule has 2 aromatic heterocycles. The molecule has 0 fully saturated rings. The van der Waals surface area contributed by atoms with Gasteiger partial charge in [0.25, 0.3) is 0 Å².